The molecule has 1 aliphatic carbocycles. The lowest BCUT2D eigenvalue weighted by atomic mass is 9.86. The van der Waals surface area contributed by atoms with Crippen LogP contribution in [-0.2, 0) is 5.41 Å². The van der Waals surface area contributed by atoms with E-state index in [0.29, 0.717) is 6.54 Å². The Morgan fingerprint density at radius 1 is 1.29 bits per heavy atom. The van der Waals surface area contributed by atoms with Gasteiger partial charge in [-0.3, -0.25) is 4.79 Å². The molecule has 92 valence electrons. The minimum absolute atomic E-state index is 0.0517. The summed E-state index contributed by atoms with van der Waals surface area (Å²) in [6.45, 7) is 6.54. The van der Waals surface area contributed by atoms with E-state index in [9.17, 15) is 9.18 Å². The summed E-state index contributed by atoms with van der Waals surface area (Å²) in [5.41, 5.74) is 2.14. The van der Waals surface area contributed by atoms with Gasteiger partial charge in [-0.25, -0.2) is 4.39 Å². The van der Waals surface area contributed by atoms with Gasteiger partial charge in [-0.15, -0.1) is 0 Å². The second-order valence-electron chi connectivity index (χ2n) is 4.63. The molecular formula is C14H18FNO. The maximum Gasteiger partial charge on any atom is 0.254 e. The number of benzene rings is 1. The van der Waals surface area contributed by atoms with Gasteiger partial charge in [0.15, 0.2) is 0 Å². The Kier molecular flexibility index (Phi) is 2.94. The van der Waals surface area contributed by atoms with Crippen LogP contribution in [-0.4, -0.2) is 12.5 Å². The van der Waals surface area contributed by atoms with Crippen LogP contribution in [0.2, 0.25) is 0 Å². The molecule has 1 amide bonds. The van der Waals surface area contributed by atoms with E-state index in [0.717, 1.165) is 24.0 Å². The first-order chi connectivity index (χ1) is 8.12. The Morgan fingerprint density at radius 2 is 1.94 bits per heavy atom. The topological polar surface area (TPSA) is 29.1 Å². The summed E-state index contributed by atoms with van der Waals surface area (Å²) in [6.07, 6.45) is 2.12. The van der Waals surface area contributed by atoms with Gasteiger partial charge >= 0.3 is 0 Å². The Hall–Kier alpha value is -1.38. The highest BCUT2D eigenvalue weighted by atomic mass is 19.1. The summed E-state index contributed by atoms with van der Waals surface area (Å²) >= 11 is 0. The largest absolute Gasteiger partial charge is 0.351 e. The van der Waals surface area contributed by atoms with Gasteiger partial charge in [-0.05, 0) is 37.0 Å². The standard InChI is InChI=1S/C12H12FNO.C2H6/c1-7-4-8-10(9(13)5-7)11(15)14-6-12(8)2-3-12;1-2/h4-5H,2-3,6H2,1H3,(H,14,15);1-2H3. The molecule has 17 heavy (non-hydrogen) atoms. The highest BCUT2D eigenvalue weighted by Crippen LogP contribution is 2.50. The quantitative estimate of drug-likeness (QED) is 0.736. The molecule has 0 saturated heterocycles. The molecule has 1 saturated carbocycles. The number of halogens is 1. The van der Waals surface area contributed by atoms with Crippen LogP contribution >= 0.6 is 0 Å². The zero-order valence-corrected chi connectivity index (χ0v) is 10.6. The van der Waals surface area contributed by atoms with Gasteiger partial charge < -0.3 is 5.32 Å². The molecule has 0 unspecified atom stereocenters. The molecule has 1 heterocycles. The number of fused-ring (bicyclic) bond motifs is 2. The fraction of sp³-hybridized carbons (Fsp3) is 0.500. The van der Waals surface area contributed by atoms with E-state index in [1.807, 2.05) is 26.8 Å². The second kappa shape index (κ2) is 4.13. The van der Waals surface area contributed by atoms with Gasteiger partial charge in [0, 0.05) is 12.0 Å². The van der Waals surface area contributed by atoms with E-state index < -0.39 is 0 Å². The summed E-state index contributed by atoms with van der Waals surface area (Å²) in [5, 5.41) is 2.77. The first-order valence-electron chi connectivity index (χ1n) is 6.21. The summed E-state index contributed by atoms with van der Waals surface area (Å²) in [7, 11) is 0. The summed E-state index contributed by atoms with van der Waals surface area (Å²) in [4.78, 5) is 11.6. The third-order valence-electron chi connectivity index (χ3n) is 3.47. The van der Waals surface area contributed by atoms with E-state index in [2.05, 4.69) is 5.32 Å². The third kappa shape index (κ3) is 1.84. The van der Waals surface area contributed by atoms with Crippen LogP contribution in [0.3, 0.4) is 0 Å². The molecule has 2 nitrogen and oxygen atoms in total. The van der Waals surface area contributed by atoms with Crippen LogP contribution in [0.5, 0.6) is 0 Å². The molecule has 0 atom stereocenters. The van der Waals surface area contributed by atoms with Gasteiger partial charge in [-0.1, -0.05) is 19.9 Å². The lowest BCUT2D eigenvalue weighted by Crippen LogP contribution is -2.40. The van der Waals surface area contributed by atoms with Crippen molar-refractivity contribution in [2.45, 2.75) is 39.0 Å². The van der Waals surface area contributed by atoms with Crippen molar-refractivity contribution in [2.24, 2.45) is 0 Å². The molecule has 0 aromatic heterocycles. The average Bonchev–Trinajstić information content (AvgIpc) is 3.07. The van der Waals surface area contributed by atoms with Crippen LogP contribution in [0.15, 0.2) is 12.1 Å². The van der Waals surface area contributed by atoms with Crippen molar-refractivity contribution in [1.29, 1.82) is 0 Å². The third-order valence-corrected chi connectivity index (χ3v) is 3.47. The highest BCUT2D eigenvalue weighted by molar-refractivity contribution is 5.98. The summed E-state index contributed by atoms with van der Waals surface area (Å²) in [5.74, 6) is -0.645. The van der Waals surface area contributed by atoms with Crippen molar-refractivity contribution in [2.75, 3.05) is 6.54 Å². The van der Waals surface area contributed by atoms with Crippen LogP contribution in [0, 0.1) is 12.7 Å². The van der Waals surface area contributed by atoms with Crippen LogP contribution in [0.25, 0.3) is 0 Å². The molecule has 1 aromatic carbocycles. The van der Waals surface area contributed by atoms with Gasteiger partial charge in [0.1, 0.15) is 5.82 Å². The Morgan fingerprint density at radius 3 is 2.53 bits per heavy atom. The lowest BCUT2D eigenvalue weighted by Gasteiger charge is -2.26. The maximum absolute atomic E-state index is 13.7. The van der Waals surface area contributed by atoms with Gasteiger partial charge in [0.2, 0.25) is 0 Å². The van der Waals surface area contributed by atoms with Crippen LogP contribution < -0.4 is 5.32 Å². The Balaban J connectivity index is 0.000000514. The first kappa shape index (κ1) is 12.1. The molecular weight excluding hydrogens is 217 g/mol. The number of nitrogens with one attached hydrogen (secondary N) is 1. The van der Waals surface area contributed by atoms with Gasteiger partial charge in [0.05, 0.1) is 5.56 Å². The summed E-state index contributed by atoms with van der Waals surface area (Å²) < 4.78 is 13.7. The first-order valence-corrected chi connectivity index (χ1v) is 6.21. The zero-order chi connectivity index (χ0) is 12.6. The van der Waals surface area contributed by atoms with Crippen molar-refractivity contribution in [3.63, 3.8) is 0 Å². The van der Waals surface area contributed by atoms with Crippen molar-refractivity contribution in [1.82, 2.24) is 5.32 Å². The fourth-order valence-electron chi connectivity index (χ4n) is 2.42. The molecule has 3 rings (SSSR count). The number of amides is 1. The molecule has 0 radical (unpaired) electrons. The van der Waals surface area contributed by atoms with Crippen molar-refractivity contribution in [3.05, 3.63) is 34.6 Å². The molecule has 1 fully saturated rings. The number of hydrogen-bond acceptors (Lipinski definition) is 1. The smallest absolute Gasteiger partial charge is 0.254 e. The molecule has 3 heteroatoms. The molecule has 1 N–H and O–H groups in total. The molecule has 1 aliphatic heterocycles. The SMILES string of the molecule is CC.Cc1cc(F)c2c(c1)C1(CC1)CNC2=O. The normalized spacial score (nSPS) is 18.9. The maximum atomic E-state index is 13.7. The Labute approximate surface area is 101 Å². The number of rotatable bonds is 0. The number of aryl methyl sites for hydroxylation is 1. The predicted octanol–water partition coefficient (Wildman–Crippen LogP) is 2.94. The Bertz CT molecular complexity index is 464. The zero-order valence-electron chi connectivity index (χ0n) is 10.6. The van der Waals surface area contributed by atoms with Gasteiger partial charge in [0.25, 0.3) is 5.91 Å². The van der Waals surface area contributed by atoms with E-state index in [1.165, 1.54) is 6.07 Å². The minimum Gasteiger partial charge on any atom is -0.351 e. The van der Waals surface area contributed by atoms with E-state index in [-0.39, 0.29) is 22.7 Å². The molecule has 2 aliphatic rings. The minimum atomic E-state index is -0.381. The van der Waals surface area contributed by atoms with Crippen molar-refractivity contribution >= 4 is 5.91 Å². The van der Waals surface area contributed by atoms with Crippen LogP contribution in [0.4, 0.5) is 4.39 Å². The van der Waals surface area contributed by atoms with E-state index in [1.54, 1.807) is 0 Å². The number of hydrogen-bond donors (Lipinski definition) is 1. The lowest BCUT2D eigenvalue weighted by molar-refractivity contribution is 0.0933. The fourth-order valence-corrected chi connectivity index (χ4v) is 2.42. The van der Waals surface area contributed by atoms with Crippen LogP contribution in [0.1, 0.15) is 48.2 Å². The van der Waals surface area contributed by atoms with Crippen molar-refractivity contribution < 1.29 is 9.18 Å². The molecule has 1 spiro atoms. The van der Waals surface area contributed by atoms with E-state index >= 15 is 0 Å². The average molecular weight is 235 g/mol. The number of carbonyl (C=O) groups excluding carboxylic acids is 1. The van der Waals surface area contributed by atoms with Crippen molar-refractivity contribution in [3.8, 4) is 0 Å². The summed E-state index contributed by atoms with van der Waals surface area (Å²) in [6, 6.07) is 3.39. The monoisotopic (exact) mass is 235 g/mol. The second-order valence-corrected chi connectivity index (χ2v) is 4.63. The predicted molar refractivity (Wildman–Crippen MR) is 65.7 cm³/mol. The number of carbonyl (C=O) groups is 1. The molecule has 0 bridgehead atoms. The van der Waals surface area contributed by atoms with Gasteiger partial charge in [-0.2, -0.15) is 0 Å². The molecule has 1 aromatic rings. The van der Waals surface area contributed by atoms with E-state index in [4.69, 9.17) is 0 Å². The highest BCUT2D eigenvalue weighted by Gasteiger charge is 2.49.